The van der Waals surface area contributed by atoms with Gasteiger partial charge in [0, 0.05) is 16.1 Å². The zero-order valence-corrected chi connectivity index (χ0v) is 13.5. The van der Waals surface area contributed by atoms with E-state index in [2.05, 4.69) is 44.0 Å². The van der Waals surface area contributed by atoms with E-state index in [0.29, 0.717) is 5.92 Å². The highest BCUT2D eigenvalue weighted by molar-refractivity contribution is 8.13. The molecule has 0 amide bonds. The van der Waals surface area contributed by atoms with Gasteiger partial charge in [-0.15, -0.1) is 23.5 Å². The molecular formula is C16H21NS2. The van der Waals surface area contributed by atoms with Crippen LogP contribution in [0.4, 0.5) is 5.69 Å². The Morgan fingerprint density at radius 3 is 2.79 bits per heavy atom. The van der Waals surface area contributed by atoms with Crippen LogP contribution in [0.15, 0.2) is 22.0 Å². The molecule has 0 spiro atoms. The SMILES string of the molecule is CSC1=Nc2cc(C)cc(C)c2SC2CCCCC12. The molecule has 1 aliphatic heterocycles. The fraction of sp³-hybridized carbons (Fsp3) is 0.562. The first-order chi connectivity index (χ1) is 9.19. The molecule has 102 valence electrons. The van der Waals surface area contributed by atoms with Crippen LogP contribution in [0.5, 0.6) is 0 Å². The van der Waals surface area contributed by atoms with Gasteiger partial charge in [-0.2, -0.15) is 0 Å². The second-order valence-corrected chi connectivity index (χ2v) is 7.71. The summed E-state index contributed by atoms with van der Waals surface area (Å²) in [7, 11) is 0. The lowest BCUT2D eigenvalue weighted by Crippen LogP contribution is -2.26. The standard InChI is InChI=1S/C16H21NS2/c1-10-8-11(2)15-13(9-10)17-16(18-3)12-6-4-5-7-14(12)19-15/h8-9,12,14H,4-7H2,1-3H3. The number of aryl methyl sites for hydroxylation is 2. The summed E-state index contributed by atoms with van der Waals surface area (Å²) in [4.78, 5) is 6.45. The molecule has 3 rings (SSSR count). The minimum atomic E-state index is 0.681. The van der Waals surface area contributed by atoms with Gasteiger partial charge in [0.15, 0.2) is 0 Å². The Morgan fingerprint density at radius 2 is 2.00 bits per heavy atom. The average molecular weight is 291 g/mol. The first kappa shape index (κ1) is 13.6. The van der Waals surface area contributed by atoms with E-state index in [1.165, 1.54) is 52.4 Å². The van der Waals surface area contributed by atoms with Gasteiger partial charge in [-0.05, 0) is 50.1 Å². The Kier molecular flexibility index (Phi) is 3.95. The summed E-state index contributed by atoms with van der Waals surface area (Å²) in [6.07, 6.45) is 7.61. The van der Waals surface area contributed by atoms with Gasteiger partial charge in [0.05, 0.1) is 10.7 Å². The summed E-state index contributed by atoms with van der Waals surface area (Å²) in [5, 5.41) is 2.10. The van der Waals surface area contributed by atoms with Gasteiger partial charge in [-0.3, -0.25) is 0 Å². The maximum atomic E-state index is 5.02. The number of hydrogen-bond donors (Lipinski definition) is 0. The number of nitrogens with zero attached hydrogens (tertiary/aromatic N) is 1. The lowest BCUT2D eigenvalue weighted by Gasteiger charge is -2.30. The smallest absolute Gasteiger partial charge is 0.0780 e. The lowest BCUT2D eigenvalue weighted by molar-refractivity contribution is 0.456. The zero-order chi connectivity index (χ0) is 13.4. The van der Waals surface area contributed by atoms with Gasteiger partial charge in [0.1, 0.15) is 0 Å². The van der Waals surface area contributed by atoms with E-state index in [-0.39, 0.29) is 0 Å². The molecule has 0 saturated heterocycles. The number of rotatable bonds is 0. The van der Waals surface area contributed by atoms with Crippen LogP contribution in [-0.2, 0) is 0 Å². The van der Waals surface area contributed by atoms with E-state index in [1.54, 1.807) is 0 Å². The number of aliphatic imine (C=N–C) groups is 1. The quantitative estimate of drug-likeness (QED) is 0.638. The second kappa shape index (κ2) is 5.53. The molecule has 1 saturated carbocycles. The van der Waals surface area contributed by atoms with Crippen LogP contribution in [0, 0.1) is 19.8 Å². The van der Waals surface area contributed by atoms with Crippen molar-refractivity contribution in [3.63, 3.8) is 0 Å². The number of hydrogen-bond acceptors (Lipinski definition) is 3. The molecule has 1 heterocycles. The van der Waals surface area contributed by atoms with Crippen molar-refractivity contribution < 1.29 is 0 Å². The Balaban J connectivity index is 2.10. The molecule has 0 N–H and O–H groups in total. The summed E-state index contributed by atoms with van der Waals surface area (Å²) in [5.74, 6) is 0.681. The molecular weight excluding hydrogens is 270 g/mol. The van der Waals surface area contributed by atoms with E-state index in [1.807, 2.05) is 11.8 Å². The fourth-order valence-electron chi connectivity index (χ4n) is 3.24. The molecule has 1 nitrogen and oxygen atoms in total. The van der Waals surface area contributed by atoms with Gasteiger partial charge >= 0.3 is 0 Å². The number of benzene rings is 1. The first-order valence-corrected chi connectivity index (χ1v) is 9.20. The van der Waals surface area contributed by atoms with E-state index in [4.69, 9.17) is 4.99 Å². The van der Waals surface area contributed by atoms with E-state index in [0.717, 1.165) is 5.25 Å². The van der Waals surface area contributed by atoms with Gasteiger partial charge in [-0.25, -0.2) is 4.99 Å². The highest BCUT2D eigenvalue weighted by atomic mass is 32.2. The van der Waals surface area contributed by atoms with Gasteiger partial charge in [-0.1, -0.05) is 18.9 Å². The summed E-state index contributed by atoms with van der Waals surface area (Å²) < 4.78 is 0. The molecule has 1 aliphatic carbocycles. The molecule has 19 heavy (non-hydrogen) atoms. The number of fused-ring (bicyclic) bond motifs is 2. The largest absolute Gasteiger partial charge is 0.245 e. The van der Waals surface area contributed by atoms with Crippen LogP contribution in [0.25, 0.3) is 0 Å². The molecule has 1 aromatic carbocycles. The minimum absolute atomic E-state index is 0.681. The molecule has 1 aromatic rings. The third-order valence-corrected chi connectivity index (χ3v) is 6.57. The molecule has 0 bridgehead atoms. The zero-order valence-electron chi connectivity index (χ0n) is 11.9. The summed E-state index contributed by atoms with van der Waals surface area (Å²) >= 11 is 3.95. The van der Waals surface area contributed by atoms with Crippen molar-refractivity contribution in [1.29, 1.82) is 0 Å². The van der Waals surface area contributed by atoms with Crippen LogP contribution >= 0.6 is 23.5 Å². The van der Waals surface area contributed by atoms with Crippen molar-refractivity contribution in [1.82, 2.24) is 0 Å². The van der Waals surface area contributed by atoms with Crippen molar-refractivity contribution in [2.75, 3.05) is 6.26 Å². The molecule has 2 unspecified atom stereocenters. The van der Waals surface area contributed by atoms with Crippen LogP contribution < -0.4 is 0 Å². The third-order valence-electron chi connectivity index (χ3n) is 4.13. The fourth-order valence-corrected chi connectivity index (χ4v) is 5.59. The van der Waals surface area contributed by atoms with Crippen LogP contribution in [0.2, 0.25) is 0 Å². The van der Waals surface area contributed by atoms with Crippen LogP contribution in [0.1, 0.15) is 36.8 Å². The predicted octanol–water partition coefficient (Wildman–Crippen LogP) is 5.36. The Bertz CT molecular complexity index is 522. The molecule has 2 atom stereocenters. The summed E-state index contributed by atoms with van der Waals surface area (Å²) in [5.41, 5.74) is 3.93. The Labute approximate surface area is 124 Å². The Hall–Kier alpha value is -0.410. The van der Waals surface area contributed by atoms with Crippen LogP contribution in [-0.4, -0.2) is 16.5 Å². The third kappa shape index (κ3) is 2.59. The van der Waals surface area contributed by atoms with Crippen molar-refractivity contribution in [2.24, 2.45) is 10.9 Å². The molecule has 2 aliphatic rings. The van der Waals surface area contributed by atoms with Crippen molar-refractivity contribution in [2.45, 2.75) is 49.7 Å². The van der Waals surface area contributed by atoms with Gasteiger partial charge in [0.25, 0.3) is 0 Å². The van der Waals surface area contributed by atoms with Crippen molar-refractivity contribution in [3.05, 3.63) is 23.3 Å². The summed E-state index contributed by atoms with van der Waals surface area (Å²) in [6.45, 7) is 4.40. The second-order valence-electron chi connectivity index (χ2n) is 5.63. The number of thioether (sulfide) groups is 2. The predicted molar refractivity (Wildman–Crippen MR) is 88.1 cm³/mol. The highest BCUT2D eigenvalue weighted by Gasteiger charge is 2.33. The molecule has 0 radical (unpaired) electrons. The molecule has 3 heteroatoms. The molecule has 0 aromatic heterocycles. The maximum Gasteiger partial charge on any atom is 0.0780 e. The average Bonchev–Trinajstić information content (AvgIpc) is 2.55. The Morgan fingerprint density at radius 1 is 1.21 bits per heavy atom. The van der Waals surface area contributed by atoms with Crippen molar-refractivity contribution >= 4 is 34.3 Å². The topological polar surface area (TPSA) is 12.4 Å². The lowest BCUT2D eigenvalue weighted by atomic mass is 9.89. The van der Waals surface area contributed by atoms with E-state index in [9.17, 15) is 0 Å². The van der Waals surface area contributed by atoms with E-state index >= 15 is 0 Å². The van der Waals surface area contributed by atoms with Gasteiger partial charge < -0.3 is 0 Å². The van der Waals surface area contributed by atoms with E-state index < -0.39 is 0 Å². The summed E-state index contributed by atoms with van der Waals surface area (Å²) in [6, 6.07) is 4.55. The first-order valence-electron chi connectivity index (χ1n) is 7.09. The van der Waals surface area contributed by atoms with Crippen LogP contribution in [0.3, 0.4) is 0 Å². The highest BCUT2D eigenvalue weighted by Crippen LogP contribution is 2.47. The maximum absolute atomic E-state index is 5.02. The normalized spacial score (nSPS) is 26.2. The monoisotopic (exact) mass is 291 g/mol. The van der Waals surface area contributed by atoms with Crippen molar-refractivity contribution in [3.8, 4) is 0 Å². The molecule has 1 fully saturated rings. The van der Waals surface area contributed by atoms with Gasteiger partial charge in [0.2, 0.25) is 0 Å². The minimum Gasteiger partial charge on any atom is -0.245 e.